The minimum Gasteiger partial charge on any atom is -0.391 e. The fourth-order valence-electron chi connectivity index (χ4n) is 3.91. The molecule has 1 aliphatic rings. The quantitative estimate of drug-likeness (QED) is 0.472. The molecule has 1 amide bonds. The first-order valence-electron chi connectivity index (χ1n) is 10.9. The Labute approximate surface area is 189 Å². The summed E-state index contributed by atoms with van der Waals surface area (Å²) in [5.41, 5.74) is 5.24. The number of nitrogens with one attached hydrogen (secondary N) is 1. The molecule has 170 valence electrons. The van der Waals surface area contributed by atoms with Crippen molar-refractivity contribution >= 4 is 17.2 Å². The third kappa shape index (κ3) is 6.59. The molecule has 3 atom stereocenters. The number of carbonyl (C=O) groups is 1. The average Bonchev–Trinajstić information content (AvgIpc) is 3.29. The van der Waals surface area contributed by atoms with E-state index in [1.54, 1.807) is 16.2 Å². The minimum atomic E-state index is -0.468. The first-order valence-corrected chi connectivity index (χ1v) is 11.8. The third-order valence-electron chi connectivity index (χ3n) is 5.61. The summed E-state index contributed by atoms with van der Waals surface area (Å²) >= 11 is 1.66. The summed E-state index contributed by atoms with van der Waals surface area (Å²) in [6.07, 6.45) is 0.581. The molecule has 0 radical (unpaired) electrons. The van der Waals surface area contributed by atoms with Crippen LogP contribution in [-0.4, -0.2) is 52.9 Å². The van der Waals surface area contributed by atoms with E-state index >= 15 is 0 Å². The predicted octanol–water partition coefficient (Wildman–Crippen LogP) is 4.14. The molecule has 2 aromatic rings. The molecule has 0 bridgehead atoms. The number of rotatable bonds is 8. The Kier molecular flexibility index (Phi) is 7.86. The Bertz CT molecular complexity index is 860. The molecule has 6 nitrogen and oxygen atoms in total. The number of ether oxygens (including phenoxy) is 1. The third-order valence-corrected chi connectivity index (χ3v) is 6.59. The van der Waals surface area contributed by atoms with Gasteiger partial charge in [-0.2, -0.15) is 0 Å². The number of thiazole rings is 1. The topological polar surface area (TPSA) is 74.7 Å². The number of aromatic nitrogens is 1. The molecule has 1 aliphatic heterocycles. The van der Waals surface area contributed by atoms with Crippen molar-refractivity contribution < 1.29 is 14.6 Å². The van der Waals surface area contributed by atoms with Crippen LogP contribution in [0.2, 0.25) is 0 Å². The highest BCUT2D eigenvalue weighted by atomic mass is 32.1. The molecule has 2 heterocycles. The van der Waals surface area contributed by atoms with Crippen LogP contribution in [0.15, 0.2) is 29.8 Å². The molecule has 0 spiro atoms. The Morgan fingerprint density at radius 2 is 2.06 bits per heavy atom. The molecule has 31 heavy (non-hydrogen) atoms. The van der Waals surface area contributed by atoms with Gasteiger partial charge in [0.05, 0.1) is 41.6 Å². The molecular weight excluding hydrogens is 410 g/mol. The summed E-state index contributed by atoms with van der Waals surface area (Å²) in [7, 11) is 0. The molecule has 3 rings (SSSR count). The first-order chi connectivity index (χ1) is 14.6. The van der Waals surface area contributed by atoms with Crippen LogP contribution in [0, 0.1) is 12.3 Å². The highest BCUT2D eigenvalue weighted by molar-refractivity contribution is 7.13. The fraction of sp³-hybridized carbons (Fsp3) is 0.583. The van der Waals surface area contributed by atoms with E-state index < -0.39 is 6.10 Å². The normalized spacial score (nSPS) is 20.3. The number of hydrogen-bond donors (Lipinski definition) is 2. The number of β-amino-alcohol motifs (C(OH)–C–C–N with tert-alkyl or cyclic N) is 1. The second-order valence-corrected chi connectivity index (χ2v) is 10.5. The molecule has 7 heteroatoms. The maximum Gasteiger partial charge on any atom is 0.223 e. The maximum absolute atomic E-state index is 12.6. The molecule has 1 saturated heterocycles. The second kappa shape index (κ2) is 10.2. The largest absolute Gasteiger partial charge is 0.391 e. The summed E-state index contributed by atoms with van der Waals surface area (Å²) in [5, 5.41) is 13.4. The van der Waals surface area contributed by atoms with E-state index in [0.29, 0.717) is 32.7 Å². The van der Waals surface area contributed by atoms with Gasteiger partial charge in [-0.1, -0.05) is 45.0 Å². The second-order valence-electron chi connectivity index (χ2n) is 9.66. The van der Waals surface area contributed by atoms with Crippen LogP contribution in [0.5, 0.6) is 0 Å². The van der Waals surface area contributed by atoms with Gasteiger partial charge >= 0.3 is 0 Å². The number of nitrogens with zero attached hydrogens (tertiary/aromatic N) is 2. The lowest BCUT2D eigenvalue weighted by Crippen LogP contribution is -2.40. The van der Waals surface area contributed by atoms with Crippen molar-refractivity contribution in [2.75, 3.05) is 19.9 Å². The number of likely N-dealkylation sites (tertiary alicyclic amines) is 1. The van der Waals surface area contributed by atoms with Gasteiger partial charge in [-0.3, -0.25) is 10.1 Å². The van der Waals surface area contributed by atoms with Gasteiger partial charge in [0.25, 0.3) is 0 Å². The number of aryl methyl sites for hydroxylation is 1. The van der Waals surface area contributed by atoms with Crippen molar-refractivity contribution in [1.82, 2.24) is 15.2 Å². The van der Waals surface area contributed by atoms with Crippen LogP contribution in [0.4, 0.5) is 0 Å². The summed E-state index contributed by atoms with van der Waals surface area (Å²) < 4.78 is 5.84. The van der Waals surface area contributed by atoms with E-state index in [2.05, 4.69) is 62.3 Å². The lowest BCUT2D eigenvalue weighted by atomic mass is 9.91. The van der Waals surface area contributed by atoms with Gasteiger partial charge < -0.3 is 14.7 Å². The monoisotopic (exact) mass is 445 g/mol. The van der Waals surface area contributed by atoms with E-state index in [0.717, 1.165) is 5.69 Å². The van der Waals surface area contributed by atoms with Crippen molar-refractivity contribution in [2.45, 2.75) is 65.6 Å². The number of hydrogen-bond acceptors (Lipinski definition) is 6. The minimum absolute atomic E-state index is 0.0658. The molecule has 1 aromatic heterocycles. The van der Waals surface area contributed by atoms with Gasteiger partial charge in [0.1, 0.15) is 0 Å². The zero-order valence-electron chi connectivity index (χ0n) is 19.2. The van der Waals surface area contributed by atoms with Crippen molar-refractivity contribution in [3.63, 3.8) is 0 Å². The highest BCUT2D eigenvalue weighted by Gasteiger charge is 2.35. The van der Waals surface area contributed by atoms with Crippen LogP contribution in [0.25, 0.3) is 10.4 Å². The standard InChI is InChI=1S/C24H35N3O3S/c1-16(18-6-8-19(9-7-18)23-17(2)26-15-31-23)25-14-30-13-20-10-21(28)12-27(20)22(29)11-24(3,4)5/h6-9,15-16,20-21,25,28H,10-14H2,1-5H3/t16-,20-,21+/m0/s1. The SMILES string of the molecule is Cc1ncsc1-c1ccc([C@H](C)NCOC[C@@H]2C[C@@H](O)CN2C(=O)CC(C)(C)C)cc1. The predicted molar refractivity (Wildman–Crippen MR) is 125 cm³/mol. The van der Waals surface area contributed by atoms with Crippen LogP contribution in [0.3, 0.4) is 0 Å². The van der Waals surface area contributed by atoms with Gasteiger partial charge in [0.2, 0.25) is 5.91 Å². The Hall–Kier alpha value is -1.80. The molecule has 1 fully saturated rings. The van der Waals surface area contributed by atoms with Crippen LogP contribution in [-0.2, 0) is 9.53 Å². The zero-order valence-corrected chi connectivity index (χ0v) is 20.0. The van der Waals surface area contributed by atoms with Gasteiger partial charge in [0, 0.05) is 19.0 Å². The Morgan fingerprint density at radius 3 is 2.68 bits per heavy atom. The number of amides is 1. The van der Waals surface area contributed by atoms with Gasteiger partial charge in [0.15, 0.2) is 0 Å². The summed E-state index contributed by atoms with van der Waals surface area (Å²) in [6.45, 7) is 11.5. The highest BCUT2D eigenvalue weighted by Crippen LogP contribution is 2.28. The van der Waals surface area contributed by atoms with E-state index in [9.17, 15) is 9.90 Å². The number of aliphatic hydroxyl groups excluding tert-OH is 1. The molecule has 1 aromatic carbocycles. The number of carbonyl (C=O) groups excluding carboxylic acids is 1. The van der Waals surface area contributed by atoms with E-state index in [1.807, 2.05) is 12.4 Å². The summed E-state index contributed by atoms with van der Waals surface area (Å²) in [4.78, 5) is 19.9. The van der Waals surface area contributed by atoms with Crippen molar-refractivity contribution in [3.05, 3.63) is 41.0 Å². The maximum atomic E-state index is 12.6. The first kappa shape index (κ1) is 23.9. The van der Waals surface area contributed by atoms with Gasteiger partial charge in [-0.25, -0.2) is 4.98 Å². The fourth-order valence-corrected chi connectivity index (χ4v) is 4.72. The van der Waals surface area contributed by atoms with Crippen molar-refractivity contribution in [3.8, 4) is 10.4 Å². The molecular formula is C24H35N3O3S. The molecule has 2 N–H and O–H groups in total. The van der Waals surface area contributed by atoms with Crippen molar-refractivity contribution in [1.29, 1.82) is 0 Å². The Morgan fingerprint density at radius 1 is 1.35 bits per heavy atom. The van der Waals surface area contributed by atoms with E-state index in [4.69, 9.17) is 4.74 Å². The van der Waals surface area contributed by atoms with Gasteiger partial charge in [-0.05, 0) is 36.8 Å². The van der Waals surface area contributed by atoms with Crippen LogP contribution in [0.1, 0.15) is 57.8 Å². The van der Waals surface area contributed by atoms with Crippen LogP contribution >= 0.6 is 11.3 Å². The average molecular weight is 446 g/mol. The number of aliphatic hydroxyl groups is 1. The number of benzene rings is 1. The van der Waals surface area contributed by atoms with Gasteiger partial charge in [-0.15, -0.1) is 11.3 Å². The molecule has 0 aliphatic carbocycles. The lowest BCUT2D eigenvalue weighted by molar-refractivity contribution is -0.135. The Balaban J connectivity index is 1.46. The smallest absolute Gasteiger partial charge is 0.223 e. The lowest BCUT2D eigenvalue weighted by Gasteiger charge is -2.28. The molecule has 0 saturated carbocycles. The molecule has 0 unspecified atom stereocenters. The van der Waals surface area contributed by atoms with Crippen LogP contribution < -0.4 is 5.32 Å². The van der Waals surface area contributed by atoms with E-state index in [-0.39, 0.29) is 23.4 Å². The van der Waals surface area contributed by atoms with E-state index in [1.165, 1.54) is 16.0 Å². The van der Waals surface area contributed by atoms with Crippen molar-refractivity contribution in [2.24, 2.45) is 5.41 Å². The summed E-state index contributed by atoms with van der Waals surface area (Å²) in [5.74, 6) is 0.0928. The zero-order chi connectivity index (χ0) is 22.6. The summed E-state index contributed by atoms with van der Waals surface area (Å²) in [6, 6.07) is 8.60.